The molecule has 1 aromatic carbocycles. The molecule has 0 aliphatic rings. The van der Waals surface area contributed by atoms with Gasteiger partial charge in [0.2, 0.25) is 0 Å². The first-order chi connectivity index (χ1) is 7.99. The summed E-state index contributed by atoms with van der Waals surface area (Å²) in [6, 6.07) is 4.54. The number of benzene rings is 1. The SMILES string of the molecule is Cc1cc2ncn(C(C)CC(N)=S)c2cc1C. The number of thiocarbonyl (C=S) groups is 1. The molecule has 3 nitrogen and oxygen atoms in total. The highest BCUT2D eigenvalue weighted by Gasteiger charge is 2.11. The molecule has 1 atom stereocenters. The van der Waals surface area contributed by atoms with E-state index in [0.717, 1.165) is 11.0 Å². The Morgan fingerprint density at radius 1 is 1.41 bits per heavy atom. The van der Waals surface area contributed by atoms with E-state index in [1.165, 1.54) is 11.1 Å². The summed E-state index contributed by atoms with van der Waals surface area (Å²) in [4.78, 5) is 4.97. The van der Waals surface area contributed by atoms with Gasteiger partial charge in [-0.15, -0.1) is 0 Å². The molecule has 1 heterocycles. The minimum Gasteiger partial charge on any atom is -0.393 e. The van der Waals surface area contributed by atoms with E-state index in [1.807, 2.05) is 6.33 Å². The lowest BCUT2D eigenvalue weighted by atomic mass is 10.1. The lowest BCUT2D eigenvalue weighted by Gasteiger charge is -2.13. The van der Waals surface area contributed by atoms with Gasteiger partial charge in [-0.25, -0.2) is 4.98 Å². The van der Waals surface area contributed by atoms with E-state index in [-0.39, 0.29) is 6.04 Å². The third-order valence-corrected chi connectivity index (χ3v) is 3.33. The van der Waals surface area contributed by atoms with E-state index in [1.54, 1.807) is 0 Å². The summed E-state index contributed by atoms with van der Waals surface area (Å²) in [6.45, 7) is 6.33. The number of aromatic nitrogens is 2. The lowest BCUT2D eigenvalue weighted by Crippen LogP contribution is -2.15. The van der Waals surface area contributed by atoms with Crippen LogP contribution in [0, 0.1) is 13.8 Å². The zero-order chi connectivity index (χ0) is 12.6. The van der Waals surface area contributed by atoms with Crippen molar-refractivity contribution in [1.29, 1.82) is 0 Å². The predicted octanol–water partition coefficient (Wildman–Crippen LogP) is 2.89. The Kier molecular flexibility index (Phi) is 3.15. The number of imidazole rings is 1. The Bertz CT molecular complexity index is 571. The van der Waals surface area contributed by atoms with Crippen molar-refractivity contribution >= 4 is 28.2 Å². The summed E-state index contributed by atoms with van der Waals surface area (Å²) in [6.07, 6.45) is 2.57. The molecule has 0 aliphatic heterocycles. The van der Waals surface area contributed by atoms with Gasteiger partial charge in [-0.1, -0.05) is 12.2 Å². The summed E-state index contributed by atoms with van der Waals surface area (Å²) in [5.74, 6) is 0. The first-order valence-corrected chi connectivity index (χ1v) is 6.12. The number of nitrogens with zero attached hydrogens (tertiary/aromatic N) is 2. The molecule has 2 N–H and O–H groups in total. The van der Waals surface area contributed by atoms with E-state index in [2.05, 4.69) is 42.5 Å². The summed E-state index contributed by atoms with van der Waals surface area (Å²) in [5, 5.41) is 0. The summed E-state index contributed by atoms with van der Waals surface area (Å²) in [7, 11) is 0. The van der Waals surface area contributed by atoms with E-state index < -0.39 is 0 Å². The van der Waals surface area contributed by atoms with Gasteiger partial charge in [0.15, 0.2) is 0 Å². The van der Waals surface area contributed by atoms with E-state index >= 15 is 0 Å². The Morgan fingerprint density at radius 3 is 2.71 bits per heavy atom. The molecule has 0 saturated heterocycles. The Labute approximate surface area is 107 Å². The number of rotatable bonds is 3. The van der Waals surface area contributed by atoms with Crippen molar-refractivity contribution in [3.05, 3.63) is 29.6 Å². The second-order valence-corrected chi connectivity index (χ2v) is 5.12. The number of aryl methyl sites for hydroxylation is 2. The zero-order valence-corrected chi connectivity index (χ0v) is 11.2. The minimum absolute atomic E-state index is 0.250. The molecule has 4 heteroatoms. The molecule has 90 valence electrons. The second kappa shape index (κ2) is 4.45. The second-order valence-electron chi connectivity index (χ2n) is 4.60. The van der Waals surface area contributed by atoms with E-state index in [4.69, 9.17) is 18.0 Å². The molecule has 0 bridgehead atoms. The maximum Gasteiger partial charge on any atom is 0.0960 e. The molecule has 0 radical (unpaired) electrons. The maximum absolute atomic E-state index is 5.60. The Morgan fingerprint density at radius 2 is 2.06 bits per heavy atom. The van der Waals surface area contributed by atoms with E-state index in [9.17, 15) is 0 Å². The third-order valence-electron chi connectivity index (χ3n) is 3.16. The number of nitrogens with two attached hydrogens (primary N) is 1. The monoisotopic (exact) mass is 247 g/mol. The topological polar surface area (TPSA) is 43.8 Å². The Balaban J connectivity index is 2.48. The van der Waals surface area contributed by atoms with Gasteiger partial charge in [-0.3, -0.25) is 0 Å². The van der Waals surface area contributed by atoms with Crippen molar-refractivity contribution in [2.24, 2.45) is 5.73 Å². The molecule has 1 aromatic heterocycles. The fourth-order valence-electron chi connectivity index (χ4n) is 2.02. The molecular formula is C13H17N3S. The van der Waals surface area contributed by atoms with Gasteiger partial charge in [0.25, 0.3) is 0 Å². The van der Waals surface area contributed by atoms with Gasteiger partial charge in [0, 0.05) is 12.5 Å². The minimum atomic E-state index is 0.250. The molecule has 0 spiro atoms. The van der Waals surface area contributed by atoms with Crippen molar-refractivity contribution < 1.29 is 0 Å². The highest BCUT2D eigenvalue weighted by atomic mass is 32.1. The van der Waals surface area contributed by atoms with Crippen LogP contribution in [0.15, 0.2) is 18.5 Å². The van der Waals surface area contributed by atoms with Gasteiger partial charge < -0.3 is 10.3 Å². The van der Waals surface area contributed by atoms with Crippen molar-refractivity contribution in [3.8, 4) is 0 Å². The van der Waals surface area contributed by atoms with Crippen LogP contribution in [-0.2, 0) is 0 Å². The first-order valence-electron chi connectivity index (χ1n) is 5.71. The molecule has 2 aromatic rings. The van der Waals surface area contributed by atoms with Crippen LogP contribution in [0.5, 0.6) is 0 Å². The van der Waals surface area contributed by atoms with Crippen LogP contribution in [0.1, 0.15) is 30.5 Å². The van der Waals surface area contributed by atoms with Crippen molar-refractivity contribution in [2.45, 2.75) is 33.2 Å². The molecule has 0 aliphatic carbocycles. The largest absolute Gasteiger partial charge is 0.393 e. The molecule has 1 unspecified atom stereocenters. The Hall–Kier alpha value is -1.42. The molecule has 0 saturated carbocycles. The fraction of sp³-hybridized carbons (Fsp3) is 0.385. The highest BCUT2D eigenvalue weighted by Crippen LogP contribution is 2.22. The molecular weight excluding hydrogens is 230 g/mol. The lowest BCUT2D eigenvalue weighted by molar-refractivity contribution is 0.584. The van der Waals surface area contributed by atoms with Crippen LogP contribution in [-0.4, -0.2) is 14.5 Å². The van der Waals surface area contributed by atoms with Gasteiger partial charge in [0.05, 0.1) is 22.3 Å². The van der Waals surface area contributed by atoms with Crippen molar-refractivity contribution in [3.63, 3.8) is 0 Å². The normalized spacial score (nSPS) is 12.9. The number of hydrogen-bond acceptors (Lipinski definition) is 2. The smallest absolute Gasteiger partial charge is 0.0960 e. The van der Waals surface area contributed by atoms with E-state index in [0.29, 0.717) is 11.4 Å². The first kappa shape index (κ1) is 12.0. The molecule has 0 fully saturated rings. The quantitative estimate of drug-likeness (QED) is 0.848. The van der Waals surface area contributed by atoms with Gasteiger partial charge >= 0.3 is 0 Å². The third kappa shape index (κ3) is 2.31. The maximum atomic E-state index is 5.60. The van der Waals surface area contributed by atoms with Gasteiger partial charge in [-0.05, 0) is 44.0 Å². The van der Waals surface area contributed by atoms with Crippen molar-refractivity contribution in [1.82, 2.24) is 9.55 Å². The highest BCUT2D eigenvalue weighted by molar-refractivity contribution is 7.80. The van der Waals surface area contributed by atoms with Crippen LogP contribution < -0.4 is 5.73 Å². The molecule has 2 rings (SSSR count). The number of fused-ring (bicyclic) bond motifs is 1. The van der Waals surface area contributed by atoms with Crippen LogP contribution in [0.3, 0.4) is 0 Å². The molecule has 0 amide bonds. The average Bonchev–Trinajstić information content (AvgIpc) is 2.60. The van der Waals surface area contributed by atoms with Gasteiger partial charge in [0.1, 0.15) is 0 Å². The average molecular weight is 247 g/mol. The summed E-state index contributed by atoms with van der Waals surface area (Å²) >= 11 is 4.96. The summed E-state index contributed by atoms with van der Waals surface area (Å²) in [5.41, 5.74) is 10.3. The van der Waals surface area contributed by atoms with Crippen LogP contribution in [0.25, 0.3) is 11.0 Å². The number of hydrogen-bond donors (Lipinski definition) is 1. The predicted molar refractivity (Wildman–Crippen MR) is 75.3 cm³/mol. The fourth-order valence-corrected chi connectivity index (χ4v) is 2.26. The van der Waals surface area contributed by atoms with Gasteiger partial charge in [-0.2, -0.15) is 0 Å². The zero-order valence-electron chi connectivity index (χ0n) is 10.4. The van der Waals surface area contributed by atoms with Crippen LogP contribution in [0.4, 0.5) is 0 Å². The van der Waals surface area contributed by atoms with Crippen molar-refractivity contribution in [2.75, 3.05) is 0 Å². The van der Waals surface area contributed by atoms with Crippen LogP contribution >= 0.6 is 12.2 Å². The van der Waals surface area contributed by atoms with Crippen LogP contribution in [0.2, 0.25) is 0 Å². The molecule has 17 heavy (non-hydrogen) atoms. The summed E-state index contributed by atoms with van der Waals surface area (Å²) < 4.78 is 2.14. The standard InChI is InChI=1S/C13H17N3S/c1-8-4-11-12(5-9(8)2)16(7-15-11)10(3)6-13(14)17/h4-5,7,10H,6H2,1-3H3,(H2,14,17).